The topological polar surface area (TPSA) is 62.1 Å². The monoisotopic (exact) mass is 271 g/mol. The van der Waals surface area contributed by atoms with Crippen molar-refractivity contribution in [2.24, 2.45) is 5.92 Å². The predicted octanol–water partition coefficient (Wildman–Crippen LogP) is 3.01. The first-order valence-corrected chi connectivity index (χ1v) is 7.25. The Labute approximate surface area is 118 Å². The maximum atomic E-state index is 12.8. The molecular formula is C16H21N3O. The van der Waals surface area contributed by atoms with Crippen LogP contribution in [0.25, 0.3) is 10.9 Å². The molecule has 1 saturated heterocycles. The Morgan fingerprint density at radius 3 is 3.00 bits per heavy atom. The van der Waals surface area contributed by atoms with Crippen LogP contribution in [0.15, 0.2) is 24.4 Å². The molecule has 1 fully saturated rings. The zero-order chi connectivity index (χ0) is 14.3. The summed E-state index contributed by atoms with van der Waals surface area (Å²) in [4.78, 5) is 18.0. The number of likely N-dealkylation sites (tertiary alicyclic amines) is 1. The normalized spacial score (nSPS) is 19.1. The van der Waals surface area contributed by atoms with Gasteiger partial charge in [0.1, 0.15) is 0 Å². The Morgan fingerprint density at radius 1 is 1.45 bits per heavy atom. The first kappa shape index (κ1) is 13.0. The van der Waals surface area contributed by atoms with Crippen molar-refractivity contribution in [2.45, 2.75) is 32.7 Å². The fourth-order valence-corrected chi connectivity index (χ4v) is 3.21. The smallest absolute Gasteiger partial charge is 0.256 e. The van der Waals surface area contributed by atoms with Gasteiger partial charge in [0, 0.05) is 35.4 Å². The highest BCUT2D eigenvalue weighted by molar-refractivity contribution is 6.07. The number of benzene rings is 1. The number of nitrogens with two attached hydrogens (primary N) is 1. The summed E-state index contributed by atoms with van der Waals surface area (Å²) in [6.45, 7) is 5.23. The molecule has 4 heteroatoms. The van der Waals surface area contributed by atoms with Gasteiger partial charge >= 0.3 is 0 Å². The third-order valence-electron chi connectivity index (χ3n) is 4.27. The Morgan fingerprint density at radius 2 is 2.25 bits per heavy atom. The maximum Gasteiger partial charge on any atom is 0.256 e. The fraction of sp³-hybridized carbons (Fsp3) is 0.438. The number of H-pyrrole nitrogens is 1. The summed E-state index contributed by atoms with van der Waals surface area (Å²) in [5.41, 5.74) is 8.23. The van der Waals surface area contributed by atoms with E-state index >= 15 is 0 Å². The molecular weight excluding hydrogens is 250 g/mol. The number of nitrogen functional groups attached to an aromatic ring is 1. The minimum absolute atomic E-state index is 0.123. The summed E-state index contributed by atoms with van der Waals surface area (Å²) in [5, 5.41) is 0.921. The van der Waals surface area contributed by atoms with Crippen LogP contribution < -0.4 is 5.73 Å². The van der Waals surface area contributed by atoms with Crippen molar-refractivity contribution < 1.29 is 4.79 Å². The molecule has 2 aromatic rings. The van der Waals surface area contributed by atoms with E-state index in [4.69, 9.17) is 5.73 Å². The molecule has 0 radical (unpaired) electrons. The van der Waals surface area contributed by atoms with Crippen LogP contribution in [0.5, 0.6) is 0 Å². The maximum absolute atomic E-state index is 12.8. The lowest BCUT2D eigenvalue weighted by molar-refractivity contribution is 0.0703. The molecule has 1 amide bonds. The lowest BCUT2D eigenvalue weighted by atomic mass is 10.0. The van der Waals surface area contributed by atoms with Crippen molar-refractivity contribution in [3.63, 3.8) is 0 Å². The number of fused-ring (bicyclic) bond motifs is 1. The van der Waals surface area contributed by atoms with Gasteiger partial charge < -0.3 is 15.6 Å². The second kappa shape index (κ2) is 4.85. The summed E-state index contributed by atoms with van der Waals surface area (Å²) in [7, 11) is 0. The fourth-order valence-electron chi connectivity index (χ4n) is 3.21. The van der Waals surface area contributed by atoms with Gasteiger partial charge in [0.05, 0.1) is 5.56 Å². The van der Waals surface area contributed by atoms with Crippen LogP contribution in [0.3, 0.4) is 0 Å². The summed E-state index contributed by atoms with van der Waals surface area (Å²) in [5.74, 6) is 0.620. The Kier molecular flexibility index (Phi) is 3.16. The van der Waals surface area contributed by atoms with Crippen LogP contribution in [0.1, 0.15) is 37.0 Å². The van der Waals surface area contributed by atoms with Gasteiger partial charge in [-0.1, -0.05) is 13.8 Å². The average Bonchev–Trinajstić information content (AvgIpc) is 3.04. The van der Waals surface area contributed by atoms with E-state index in [1.54, 1.807) is 0 Å². The summed E-state index contributed by atoms with van der Waals surface area (Å²) >= 11 is 0. The first-order valence-electron chi connectivity index (χ1n) is 7.25. The molecule has 1 unspecified atom stereocenters. The molecule has 1 aliphatic rings. The first-order chi connectivity index (χ1) is 9.58. The standard InChI is InChI=1S/C16H21N3O/c1-10(2)15-4-3-7-19(15)16(20)13-9-18-14-6-5-11(17)8-12(13)14/h5-6,8-10,15,18H,3-4,7,17H2,1-2H3. The Balaban J connectivity index is 1.98. The van der Waals surface area contributed by atoms with Crippen LogP contribution in [-0.4, -0.2) is 28.4 Å². The zero-order valence-electron chi connectivity index (χ0n) is 12.0. The number of hydrogen-bond donors (Lipinski definition) is 2. The summed E-state index contributed by atoms with van der Waals surface area (Å²) in [6, 6.07) is 6.00. The zero-order valence-corrected chi connectivity index (χ0v) is 12.0. The van der Waals surface area contributed by atoms with E-state index in [9.17, 15) is 4.79 Å². The lowest BCUT2D eigenvalue weighted by Crippen LogP contribution is -2.38. The van der Waals surface area contributed by atoms with Gasteiger partial charge in [0.2, 0.25) is 0 Å². The number of amides is 1. The van der Waals surface area contributed by atoms with Gasteiger partial charge in [-0.3, -0.25) is 4.79 Å². The molecule has 1 aliphatic heterocycles. The largest absolute Gasteiger partial charge is 0.399 e. The number of carbonyl (C=O) groups is 1. The molecule has 1 atom stereocenters. The van der Waals surface area contributed by atoms with Gasteiger partial charge in [-0.05, 0) is 37.0 Å². The second-order valence-corrected chi connectivity index (χ2v) is 5.96. The SMILES string of the molecule is CC(C)C1CCCN1C(=O)c1c[nH]c2ccc(N)cc12. The second-order valence-electron chi connectivity index (χ2n) is 5.96. The van der Waals surface area contributed by atoms with Crippen LogP contribution in [0.2, 0.25) is 0 Å². The lowest BCUT2D eigenvalue weighted by Gasteiger charge is -2.27. The molecule has 0 bridgehead atoms. The van der Waals surface area contributed by atoms with Crippen molar-refractivity contribution in [2.75, 3.05) is 12.3 Å². The minimum atomic E-state index is 0.123. The predicted molar refractivity (Wildman–Crippen MR) is 81.6 cm³/mol. The summed E-state index contributed by atoms with van der Waals surface area (Å²) in [6.07, 6.45) is 4.01. The minimum Gasteiger partial charge on any atom is -0.399 e. The Bertz CT molecular complexity index is 644. The number of nitrogens with one attached hydrogen (secondary N) is 1. The molecule has 2 heterocycles. The van der Waals surface area contributed by atoms with E-state index in [1.165, 1.54) is 0 Å². The quantitative estimate of drug-likeness (QED) is 0.825. The van der Waals surface area contributed by atoms with Crippen LogP contribution in [0, 0.1) is 5.92 Å². The van der Waals surface area contributed by atoms with E-state index in [2.05, 4.69) is 18.8 Å². The van der Waals surface area contributed by atoms with Crippen LogP contribution in [-0.2, 0) is 0 Å². The third kappa shape index (κ3) is 2.05. The van der Waals surface area contributed by atoms with Gasteiger partial charge in [-0.15, -0.1) is 0 Å². The number of rotatable bonds is 2. The molecule has 4 nitrogen and oxygen atoms in total. The van der Waals surface area contributed by atoms with Gasteiger partial charge in [0.15, 0.2) is 0 Å². The molecule has 20 heavy (non-hydrogen) atoms. The third-order valence-corrected chi connectivity index (χ3v) is 4.27. The molecule has 0 spiro atoms. The van der Waals surface area contributed by atoms with Crippen molar-refractivity contribution in [3.05, 3.63) is 30.0 Å². The van der Waals surface area contributed by atoms with E-state index in [1.807, 2.05) is 29.3 Å². The number of carbonyl (C=O) groups excluding carboxylic acids is 1. The molecule has 1 aromatic carbocycles. The molecule has 3 N–H and O–H groups in total. The van der Waals surface area contributed by atoms with Crippen molar-refractivity contribution in [3.8, 4) is 0 Å². The highest BCUT2D eigenvalue weighted by atomic mass is 16.2. The molecule has 3 rings (SSSR count). The Hall–Kier alpha value is -1.97. The molecule has 1 aromatic heterocycles. The number of nitrogens with zero attached hydrogens (tertiary/aromatic N) is 1. The number of aromatic nitrogens is 1. The number of anilines is 1. The van der Waals surface area contributed by atoms with Gasteiger partial charge in [-0.2, -0.15) is 0 Å². The van der Waals surface area contributed by atoms with Crippen molar-refractivity contribution >= 4 is 22.5 Å². The molecule has 106 valence electrons. The van der Waals surface area contributed by atoms with Gasteiger partial charge in [0.25, 0.3) is 5.91 Å². The van der Waals surface area contributed by atoms with Gasteiger partial charge in [-0.25, -0.2) is 0 Å². The van der Waals surface area contributed by atoms with Crippen molar-refractivity contribution in [1.29, 1.82) is 0 Å². The number of hydrogen-bond acceptors (Lipinski definition) is 2. The average molecular weight is 271 g/mol. The van der Waals surface area contributed by atoms with E-state index in [-0.39, 0.29) is 5.91 Å². The van der Waals surface area contributed by atoms with Crippen LogP contribution >= 0.6 is 0 Å². The van der Waals surface area contributed by atoms with Crippen molar-refractivity contribution in [1.82, 2.24) is 9.88 Å². The number of aromatic amines is 1. The van der Waals surface area contributed by atoms with E-state index < -0.39 is 0 Å². The summed E-state index contributed by atoms with van der Waals surface area (Å²) < 4.78 is 0. The van der Waals surface area contributed by atoms with E-state index in [0.29, 0.717) is 17.6 Å². The van der Waals surface area contributed by atoms with E-state index in [0.717, 1.165) is 35.9 Å². The molecule has 0 aliphatic carbocycles. The highest BCUT2D eigenvalue weighted by Crippen LogP contribution is 2.28. The van der Waals surface area contributed by atoms with Crippen LogP contribution in [0.4, 0.5) is 5.69 Å². The molecule has 0 saturated carbocycles. The highest BCUT2D eigenvalue weighted by Gasteiger charge is 2.32.